The van der Waals surface area contributed by atoms with Crippen LogP contribution in [0.1, 0.15) is 37.3 Å². The van der Waals surface area contributed by atoms with Gasteiger partial charge in [0.05, 0.1) is 0 Å². The Hall–Kier alpha value is -2.10. The second-order valence-corrected chi connectivity index (χ2v) is 5.84. The number of hydrogen-bond acceptors (Lipinski definition) is 0. The summed E-state index contributed by atoms with van der Waals surface area (Å²) in [4.78, 5) is 0. The van der Waals surface area contributed by atoms with Gasteiger partial charge in [-0.2, -0.15) is 0 Å². The summed E-state index contributed by atoms with van der Waals surface area (Å²) in [6.45, 7) is 2.09. The number of aryl methyl sites for hydroxylation is 1. The van der Waals surface area contributed by atoms with Crippen molar-refractivity contribution in [2.24, 2.45) is 0 Å². The first-order chi connectivity index (χ1) is 11.0. The Morgan fingerprint density at radius 2 is 1.57 bits per heavy atom. The topological polar surface area (TPSA) is 0 Å². The van der Waals surface area contributed by atoms with Gasteiger partial charge in [-0.3, -0.25) is 0 Å². The zero-order valence-electron chi connectivity index (χ0n) is 12.7. The van der Waals surface area contributed by atoms with Crippen molar-refractivity contribution >= 4 is 6.08 Å². The molecule has 4 heteroatoms. The van der Waals surface area contributed by atoms with E-state index >= 15 is 0 Å². The van der Waals surface area contributed by atoms with E-state index in [1.54, 1.807) is 6.07 Å². The molecule has 0 atom stereocenters. The van der Waals surface area contributed by atoms with E-state index in [1.807, 2.05) is 6.08 Å². The van der Waals surface area contributed by atoms with Gasteiger partial charge < -0.3 is 0 Å². The molecule has 0 heterocycles. The fourth-order valence-corrected chi connectivity index (χ4v) is 3.02. The SMILES string of the molecule is CCCC1=Cc2cc(F)c(-c3cc(F)c(F)c(F)c3)cc2CC1. The molecule has 0 fully saturated rings. The average molecular weight is 320 g/mol. The van der Waals surface area contributed by atoms with Crippen LogP contribution < -0.4 is 0 Å². The van der Waals surface area contributed by atoms with Crippen LogP contribution in [0, 0.1) is 23.3 Å². The molecule has 0 aromatic heterocycles. The highest BCUT2D eigenvalue weighted by Crippen LogP contribution is 2.33. The summed E-state index contributed by atoms with van der Waals surface area (Å²) in [6.07, 6.45) is 5.67. The van der Waals surface area contributed by atoms with Gasteiger partial charge in [0, 0.05) is 5.56 Å². The van der Waals surface area contributed by atoms with Gasteiger partial charge in [0.25, 0.3) is 0 Å². The highest BCUT2D eigenvalue weighted by molar-refractivity contribution is 5.70. The molecule has 0 aliphatic heterocycles. The summed E-state index contributed by atoms with van der Waals surface area (Å²) in [6, 6.07) is 4.64. The van der Waals surface area contributed by atoms with Crippen molar-refractivity contribution in [3.63, 3.8) is 0 Å². The number of benzene rings is 2. The fraction of sp³-hybridized carbons (Fsp3) is 0.263. The lowest BCUT2D eigenvalue weighted by Gasteiger charge is -2.18. The second-order valence-electron chi connectivity index (χ2n) is 5.84. The predicted molar refractivity (Wildman–Crippen MR) is 82.9 cm³/mol. The first kappa shape index (κ1) is 15.8. The molecular weight excluding hydrogens is 304 g/mol. The lowest BCUT2D eigenvalue weighted by atomic mass is 9.88. The molecule has 23 heavy (non-hydrogen) atoms. The summed E-state index contributed by atoms with van der Waals surface area (Å²) in [5, 5.41) is 0. The number of rotatable bonds is 3. The Balaban J connectivity index is 2.07. The summed E-state index contributed by atoms with van der Waals surface area (Å²) < 4.78 is 54.2. The van der Waals surface area contributed by atoms with Gasteiger partial charge in [-0.1, -0.05) is 25.0 Å². The van der Waals surface area contributed by atoms with Crippen LogP contribution in [0.2, 0.25) is 0 Å². The quantitative estimate of drug-likeness (QED) is 0.478. The molecule has 0 radical (unpaired) electrons. The number of halogens is 4. The first-order valence-corrected chi connectivity index (χ1v) is 7.66. The van der Waals surface area contributed by atoms with Crippen LogP contribution >= 0.6 is 0 Å². The molecule has 2 aromatic carbocycles. The number of allylic oxidation sites excluding steroid dienone is 1. The summed E-state index contributed by atoms with van der Waals surface area (Å²) in [5.74, 6) is -4.74. The molecule has 0 nitrogen and oxygen atoms in total. The van der Waals surface area contributed by atoms with E-state index in [0.29, 0.717) is 0 Å². The third-order valence-electron chi connectivity index (χ3n) is 4.17. The minimum absolute atomic E-state index is 0.00466. The van der Waals surface area contributed by atoms with Crippen molar-refractivity contribution in [3.05, 3.63) is 64.2 Å². The summed E-state index contributed by atoms with van der Waals surface area (Å²) in [7, 11) is 0. The maximum Gasteiger partial charge on any atom is 0.194 e. The Bertz CT molecular complexity index is 767. The molecular formula is C19H16F4. The molecule has 0 saturated heterocycles. The number of hydrogen-bond donors (Lipinski definition) is 0. The van der Waals surface area contributed by atoms with Gasteiger partial charge in [0.15, 0.2) is 17.5 Å². The Kier molecular flexibility index (Phi) is 4.24. The van der Waals surface area contributed by atoms with Crippen molar-refractivity contribution in [1.29, 1.82) is 0 Å². The van der Waals surface area contributed by atoms with E-state index in [2.05, 4.69) is 6.92 Å². The Morgan fingerprint density at radius 1 is 0.870 bits per heavy atom. The van der Waals surface area contributed by atoms with Crippen LogP contribution in [0.3, 0.4) is 0 Å². The van der Waals surface area contributed by atoms with Crippen molar-refractivity contribution in [1.82, 2.24) is 0 Å². The van der Waals surface area contributed by atoms with E-state index in [1.165, 1.54) is 11.6 Å². The highest BCUT2D eigenvalue weighted by Gasteiger charge is 2.18. The Morgan fingerprint density at radius 3 is 2.22 bits per heavy atom. The van der Waals surface area contributed by atoms with Gasteiger partial charge in [-0.05, 0) is 60.2 Å². The molecule has 1 aliphatic rings. The zero-order chi connectivity index (χ0) is 16.6. The normalized spacial score (nSPS) is 13.7. The molecule has 0 N–H and O–H groups in total. The lowest BCUT2D eigenvalue weighted by molar-refractivity contribution is 0.447. The van der Waals surface area contributed by atoms with E-state index < -0.39 is 23.3 Å². The maximum atomic E-state index is 14.4. The monoisotopic (exact) mass is 320 g/mol. The van der Waals surface area contributed by atoms with Gasteiger partial charge in [0.2, 0.25) is 0 Å². The van der Waals surface area contributed by atoms with Crippen molar-refractivity contribution in [2.45, 2.75) is 32.6 Å². The van der Waals surface area contributed by atoms with E-state index in [0.717, 1.165) is 48.9 Å². The average Bonchev–Trinajstić information content (AvgIpc) is 2.51. The molecule has 3 rings (SSSR count). The first-order valence-electron chi connectivity index (χ1n) is 7.66. The zero-order valence-corrected chi connectivity index (χ0v) is 12.7. The molecule has 2 aromatic rings. The smallest absolute Gasteiger partial charge is 0.194 e. The number of fused-ring (bicyclic) bond motifs is 1. The van der Waals surface area contributed by atoms with E-state index in [9.17, 15) is 17.6 Å². The third-order valence-corrected chi connectivity index (χ3v) is 4.17. The largest absolute Gasteiger partial charge is 0.206 e. The van der Waals surface area contributed by atoms with E-state index in [4.69, 9.17) is 0 Å². The van der Waals surface area contributed by atoms with Gasteiger partial charge in [-0.15, -0.1) is 0 Å². The van der Waals surface area contributed by atoms with Crippen molar-refractivity contribution < 1.29 is 17.6 Å². The van der Waals surface area contributed by atoms with Crippen LogP contribution in [0.5, 0.6) is 0 Å². The minimum atomic E-state index is -1.54. The van der Waals surface area contributed by atoms with Crippen LogP contribution in [0.15, 0.2) is 29.8 Å². The van der Waals surface area contributed by atoms with Crippen LogP contribution in [-0.2, 0) is 6.42 Å². The fourth-order valence-electron chi connectivity index (χ4n) is 3.02. The molecule has 0 saturated carbocycles. The van der Waals surface area contributed by atoms with E-state index in [-0.39, 0.29) is 11.1 Å². The molecule has 0 bridgehead atoms. The molecule has 0 amide bonds. The summed E-state index contributed by atoms with van der Waals surface area (Å²) in [5.41, 5.74) is 3.13. The standard InChI is InChI=1S/C19H16F4/c1-2-3-11-4-5-12-7-15(16(20)8-13(12)6-11)14-9-17(21)19(23)18(22)10-14/h6-10H,2-5H2,1H3. The minimum Gasteiger partial charge on any atom is -0.206 e. The molecule has 1 aliphatic carbocycles. The highest BCUT2D eigenvalue weighted by atomic mass is 19.2. The summed E-state index contributed by atoms with van der Waals surface area (Å²) >= 11 is 0. The van der Waals surface area contributed by atoms with Crippen molar-refractivity contribution in [3.8, 4) is 11.1 Å². The maximum absolute atomic E-state index is 14.4. The lowest BCUT2D eigenvalue weighted by Crippen LogP contribution is -2.02. The van der Waals surface area contributed by atoms with Crippen LogP contribution in [0.4, 0.5) is 17.6 Å². The molecule has 0 spiro atoms. The van der Waals surface area contributed by atoms with Crippen LogP contribution in [0.25, 0.3) is 17.2 Å². The van der Waals surface area contributed by atoms with Crippen molar-refractivity contribution in [2.75, 3.05) is 0 Å². The van der Waals surface area contributed by atoms with Gasteiger partial charge in [-0.25, -0.2) is 17.6 Å². The molecule has 120 valence electrons. The third kappa shape index (κ3) is 3.03. The van der Waals surface area contributed by atoms with Gasteiger partial charge in [0.1, 0.15) is 5.82 Å². The molecule has 0 unspecified atom stereocenters. The van der Waals surface area contributed by atoms with Gasteiger partial charge >= 0.3 is 0 Å². The predicted octanol–water partition coefficient (Wildman–Crippen LogP) is 6.04. The van der Waals surface area contributed by atoms with Crippen LogP contribution in [-0.4, -0.2) is 0 Å². The Labute approximate surface area is 132 Å². The second kappa shape index (κ2) is 6.19.